The first-order valence-corrected chi connectivity index (χ1v) is 2.55. The van der Waals surface area contributed by atoms with Crippen LogP contribution in [0.1, 0.15) is 6.92 Å². The molecule has 0 aliphatic carbocycles. The predicted octanol–water partition coefficient (Wildman–Crippen LogP) is 1.21. The van der Waals surface area contributed by atoms with Gasteiger partial charge in [-0.1, -0.05) is 6.58 Å². The highest BCUT2D eigenvalue weighted by molar-refractivity contribution is 6.50. The van der Waals surface area contributed by atoms with Crippen LogP contribution in [0.15, 0.2) is 22.6 Å². The number of allylic oxidation sites excluding steroid dienone is 1. The van der Waals surface area contributed by atoms with Gasteiger partial charge in [0.15, 0.2) is 0 Å². The van der Waals surface area contributed by atoms with Gasteiger partial charge in [0, 0.05) is 0 Å². The zero-order valence-electron chi connectivity index (χ0n) is 5.09. The molecule has 0 bridgehead atoms. The standard InChI is InChI=1S/C6H6N2O/c1-3-5-4(2)7-6(9)8-5/h3H,1H2,2H3. The minimum absolute atomic E-state index is 0.428. The first-order chi connectivity index (χ1) is 4.24. The lowest BCUT2D eigenvalue weighted by atomic mass is 10.3. The lowest BCUT2D eigenvalue weighted by molar-refractivity contribution is 0.257. The topological polar surface area (TPSA) is 41.8 Å². The van der Waals surface area contributed by atoms with Crippen LogP contribution in [0.2, 0.25) is 0 Å². The number of rotatable bonds is 1. The van der Waals surface area contributed by atoms with Gasteiger partial charge in [0.25, 0.3) is 0 Å². The third-order valence-corrected chi connectivity index (χ3v) is 1.04. The highest BCUT2D eigenvalue weighted by atomic mass is 16.2. The molecular weight excluding hydrogens is 116 g/mol. The van der Waals surface area contributed by atoms with Crippen LogP contribution in [0.4, 0.5) is 4.79 Å². The van der Waals surface area contributed by atoms with E-state index in [1.807, 2.05) is 0 Å². The van der Waals surface area contributed by atoms with Gasteiger partial charge in [0.1, 0.15) is 0 Å². The van der Waals surface area contributed by atoms with Crippen molar-refractivity contribution in [3.8, 4) is 0 Å². The third-order valence-electron chi connectivity index (χ3n) is 1.04. The van der Waals surface area contributed by atoms with Crippen molar-refractivity contribution in [1.82, 2.24) is 0 Å². The van der Waals surface area contributed by atoms with E-state index in [4.69, 9.17) is 0 Å². The monoisotopic (exact) mass is 122 g/mol. The Labute approximate surface area is 52.8 Å². The quantitative estimate of drug-likeness (QED) is 0.515. The number of hydrogen-bond acceptors (Lipinski definition) is 1. The fourth-order valence-corrected chi connectivity index (χ4v) is 0.603. The summed E-state index contributed by atoms with van der Waals surface area (Å²) in [5.74, 6) is 0. The maximum absolute atomic E-state index is 10.4. The van der Waals surface area contributed by atoms with Crippen molar-refractivity contribution in [2.75, 3.05) is 0 Å². The van der Waals surface area contributed by atoms with E-state index in [2.05, 4.69) is 16.6 Å². The highest BCUT2D eigenvalue weighted by Crippen LogP contribution is 1.98. The van der Waals surface area contributed by atoms with E-state index in [-0.39, 0.29) is 0 Å². The molecule has 0 aromatic carbocycles. The van der Waals surface area contributed by atoms with E-state index in [1.165, 1.54) is 6.08 Å². The second-order valence-electron chi connectivity index (χ2n) is 1.68. The van der Waals surface area contributed by atoms with Crippen molar-refractivity contribution in [2.45, 2.75) is 6.92 Å². The zero-order valence-corrected chi connectivity index (χ0v) is 5.09. The predicted molar refractivity (Wildman–Crippen MR) is 36.1 cm³/mol. The molecule has 2 amide bonds. The van der Waals surface area contributed by atoms with Crippen LogP contribution in [-0.2, 0) is 0 Å². The maximum Gasteiger partial charge on any atom is 0.367 e. The van der Waals surface area contributed by atoms with E-state index in [9.17, 15) is 4.79 Å². The van der Waals surface area contributed by atoms with Crippen molar-refractivity contribution in [1.29, 1.82) is 0 Å². The second-order valence-corrected chi connectivity index (χ2v) is 1.68. The molecule has 1 aliphatic heterocycles. The molecule has 0 fully saturated rings. The Morgan fingerprint density at radius 2 is 2.22 bits per heavy atom. The van der Waals surface area contributed by atoms with Crippen LogP contribution in [-0.4, -0.2) is 17.5 Å². The molecule has 0 saturated heterocycles. The Kier molecular flexibility index (Phi) is 1.26. The Bertz CT molecular complexity index is 225. The summed E-state index contributed by atoms with van der Waals surface area (Å²) in [6.07, 6.45) is 1.52. The van der Waals surface area contributed by atoms with Crippen molar-refractivity contribution in [2.24, 2.45) is 9.98 Å². The smallest absolute Gasteiger partial charge is 0.244 e. The number of nitrogens with zero attached hydrogens (tertiary/aromatic N) is 2. The van der Waals surface area contributed by atoms with Gasteiger partial charge in [-0.15, -0.1) is 0 Å². The van der Waals surface area contributed by atoms with Gasteiger partial charge >= 0.3 is 6.03 Å². The minimum Gasteiger partial charge on any atom is -0.244 e. The van der Waals surface area contributed by atoms with Crippen molar-refractivity contribution < 1.29 is 4.79 Å². The fourth-order valence-electron chi connectivity index (χ4n) is 0.603. The molecule has 46 valence electrons. The maximum atomic E-state index is 10.4. The lowest BCUT2D eigenvalue weighted by Crippen LogP contribution is -2.00. The van der Waals surface area contributed by atoms with Gasteiger partial charge in [0.2, 0.25) is 0 Å². The number of hydrogen-bond donors (Lipinski definition) is 0. The summed E-state index contributed by atoms with van der Waals surface area (Å²) >= 11 is 0. The molecular formula is C6H6N2O. The normalized spacial score (nSPS) is 17.2. The number of carbonyl (C=O) groups excluding carboxylic acids is 1. The van der Waals surface area contributed by atoms with Gasteiger partial charge in [-0.05, 0) is 13.0 Å². The van der Waals surface area contributed by atoms with Gasteiger partial charge in [0.05, 0.1) is 11.4 Å². The highest BCUT2D eigenvalue weighted by Gasteiger charge is 2.10. The van der Waals surface area contributed by atoms with Gasteiger partial charge in [-0.25, -0.2) is 4.79 Å². The molecule has 0 N–H and O–H groups in total. The average molecular weight is 122 g/mol. The number of amides is 2. The summed E-state index contributed by atoms with van der Waals surface area (Å²) in [4.78, 5) is 17.5. The van der Waals surface area contributed by atoms with Crippen LogP contribution in [0.5, 0.6) is 0 Å². The van der Waals surface area contributed by atoms with Gasteiger partial charge in [-0.3, -0.25) is 0 Å². The van der Waals surface area contributed by atoms with Crippen molar-refractivity contribution in [3.05, 3.63) is 12.7 Å². The van der Waals surface area contributed by atoms with Gasteiger partial charge in [-0.2, -0.15) is 9.98 Å². The molecule has 0 atom stereocenters. The molecule has 0 spiro atoms. The Balaban J connectivity index is 3.00. The van der Waals surface area contributed by atoms with Gasteiger partial charge < -0.3 is 0 Å². The Morgan fingerprint density at radius 3 is 2.44 bits per heavy atom. The van der Waals surface area contributed by atoms with Crippen LogP contribution < -0.4 is 0 Å². The molecule has 0 saturated carbocycles. The molecule has 1 rings (SSSR count). The first kappa shape index (κ1) is 5.88. The summed E-state index contributed by atoms with van der Waals surface area (Å²) in [7, 11) is 0. The van der Waals surface area contributed by atoms with Crippen molar-refractivity contribution in [3.63, 3.8) is 0 Å². The van der Waals surface area contributed by atoms with E-state index in [1.54, 1.807) is 6.92 Å². The summed E-state index contributed by atoms with van der Waals surface area (Å²) in [6.45, 7) is 5.19. The van der Waals surface area contributed by atoms with Crippen molar-refractivity contribution >= 4 is 17.5 Å². The molecule has 0 unspecified atom stereocenters. The molecule has 0 aromatic heterocycles. The number of urea groups is 1. The summed E-state index contributed by atoms with van der Waals surface area (Å²) < 4.78 is 0. The molecule has 0 radical (unpaired) electrons. The average Bonchev–Trinajstić information content (AvgIpc) is 2.10. The third kappa shape index (κ3) is 0.937. The molecule has 1 aliphatic rings. The minimum atomic E-state index is -0.428. The summed E-state index contributed by atoms with van der Waals surface area (Å²) in [5.41, 5.74) is 1.23. The van der Waals surface area contributed by atoms with Crippen LogP contribution >= 0.6 is 0 Å². The van der Waals surface area contributed by atoms with E-state index in [0.29, 0.717) is 11.4 Å². The van der Waals surface area contributed by atoms with E-state index < -0.39 is 6.03 Å². The fraction of sp³-hybridized carbons (Fsp3) is 0.167. The first-order valence-electron chi connectivity index (χ1n) is 2.55. The zero-order chi connectivity index (χ0) is 6.85. The number of carbonyl (C=O) groups is 1. The largest absolute Gasteiger partial charge is 0.367 e. The second kappa shape index (κ2) is 1.93. The molecule has 0 aromatic rings. The lowest BCUT2D eigenvalue weighted by Gasteiger charge is -1.83. The molecule has 3 heteroatoms. The summed E-state index contributed by atoms with van der Waals surface area (Å²) in [5, 5.41) is 0. The Morgan fingerprint density at radius 1 is 1.56 bits per heavy atom. The SMILES string of the molecule is C=CC1=NC(=O)N=C1C. The van der Waals surface area contributed by atoms with Crippen LogP contribution in [0.25, 0.3) is 0 Å². The van der Waals surface area contributed by atoms with Crippen LogP contribution in [0.3, 0.4) is 0 Å². The van der Waals surface area contributed by atoms with E-state index in [0.717, 1.165) is 0 Å². The van der Waals surface area contributed by atoms with E-state index >= 15 is 0 Å². The molecule has 3 nitrogen and oxygen atoms in total. The number of aliphatic imine (C=N–C) groups is 2. The molecule has 9 heavy (non-hydrogen) atoms. The van der Waals surface area contributed by atoms with Crippen LogP contribution in [0, 0.1) is 0 Å². The Hall–Kier alpha value is -1.25. The summed E-state index contributed by atoms with van der Waals surface area (Å²) in [6, 6.07) is -0.428. The molecule has 1 heterocycles.